The van der Waals surface area contributed by atoms with Crippen LogP contribution in [-0.2, 0) is 0 Å². The van der Waals surface area contributed by atoms with E-state index in [0.717, 1.165) is 4.70 Å². The first-order chi connectivity index (χ1) is 15.9. The number of benzene rings is 2. The van der Waals surface area contributed by atoms with Crippen molar-refractivity contribution in [2.45, 2.75) is 0 Å². The number of fused-ring (bicyclic) bond motifs is 1. The van der Waals surface area contributed by atoms with Gasteiger partial charge < -0.3 is 9.15 Å². The van der Waals surface area contributed by atoms with Crippen molar-refractivity contribution in [1.82, 2.24) is 5.43 Å². The molecular weight excluding hydrogens is 452 g/mol. The molecule has 4 rings (SSSR count). The standard InChI is InChI=1S/C21H14N4O7S/c1-31-17-5-2-14(25(29)30)10-16(17)18-6-4-15(32-18)11-22-23-21(26)20-9-12-8-13(24(27)28)3-7-19(12)33-20/h2-11H,1H3,(H,23,26). The molecule has 0 fully saturated rings. The second-order valence-electron chi connectivity index (χ2n) is 6.63. The largest absolute Gasteiger partial charge is 0.496 e. The number of nitrogens with one attached hydrogen (secondary N) is 1. The molecule has 0 aliphatic heterocycles. The van der Waals surface area contributed by atoms with Crippen molar-refractivity contribution in [2.75, 3.05) is 7.11 Å². The van der Waals surface area contributed by atoms with Crippen molar-refractivity contribution in [3.8, 4) is 17.1 Å². The van der Waals surface area contributed by atoms with Gasteiger partial charge in [-0.05, 0) is 30.3 Å². The molecule has 0 aliphatic rings. The van der Waals surface area contributed by atoms with E-state index < -0.39 is 15.8 Å². The molecule has 166 valence electrons. The van der Waals surface area contributed by atoms with Crippen LogP contribution in [0.4, 0.5) is 11.4 Å². The van der Waals surface area contributed by atoms with Crippen LogP contribution in [-0.4, -0.2) is 29.1 Å². The van der Waals surface area contributed by atoms with Crippen molar-refractivity contribution in [1.29, 1.82) is 0 Å². The fourth-order valence-electron chi connectivity index (χ4n) is 3.03. The van der Waals surface area contributed by atoms with E-state index in [1.807, 2.05) is 0 Å². The van der Waals surface area contributed by atoms with Crippen LogP contribution in [0.15, 0.2) is 64.1 Å². The molecule has 1 amide bonds. The molecule has 4 aromatic rings. The van der Waals surface area contributed by atoms with E-state index >= 15 is 0 Å². The monoisotopic (exact) mass is 466 g/mol. The van der Waals surface area contributed by atoms with Gasteiger partial charge in [0, 0.05) is 34.4 Å². The third-order valence-electron chi connectivity index (χ3n) is 4.58. The van der Waals surface area contributed by atoms with Crippen LogP contribution >= 0.6 is 11.3 Å². The van der Waals surface area contributed by atoms with Gasteiger partial charge in [-0.15, -0.1) is 11.3 Å². The number of nitro groups is 2. The Morgan fingerprint density at radius 1 is 1.06 bits per heavy atom. The summed E-state index contributed by atoms with van der Waals surface area (Å²) in [7, 11) is 1.44. The molecule has 2 aromatic heterocycles. The van der Waals surface area contributed by atoms with Gasteiger partial charge in [0.05, 0.1) is 33.6 Å². The number of nitrogens with zero attached hydrogens (tertiary/aromatic N) is 3. The molecule has 0 saturated heterocycles. The molecule has 0 unspecified atom stereocenters. The number of hydrogen-bond acceptors (Lipinski definition) is 9. The first-order valence-corrected chi connectivity index (χ1v) is 10.1. The molecule has 0 saturated carbocycles. The van der Waals surface area contributed by atoms with Crippen molar-refractivity contribution in [3.63, 3.8) is 0 Å². The van der Waals surface area contributed by atoms with E-state index in [2.05, 4.69) is 10.5 Å². The number of carbonyl (C=O) groups is 1. The predicted octanol–water partition coefficient (Wildman–Crippen LogP) is 4.75. The lowest BCUT2D eigenvalue weighted by Crippen LogP contribution is -2.15. The SMILES string of the molecule is COc1ccc([N+](=O)[O-])cc1-c1ccc(C=NNC(=O)c2cc3cc([N+](=O)[O-])ccc3s2)o1. The van der Waals surface area contributed by atoms with Gasteiger partial charge in [-0.25, -0.2) is 5.43 Å². The second kappa shape index (κ2) is 8.88. The molecule has 0 aliphatic carbocycles. The fraction of sp³-hybridized carbons (Fsp3) is 0.0476. The lowest BCUT2D eigenvalue weighted by atomic mass is 10.1. The average Bonchev–Trinajstić information content (AvgIpc) is 3.45. The van der Waals surface area contributed by atoms with Crippen LogP contribution < -0.4 is 10.2 Å². The first kappa shape index (κ1) is 21.6. The summed E-state index contributed by atoms with van der Waals surface area (Å²) in [6, 6.07) is 13.3. The van der Waals surface area contributed by atoms with Gasteiger partial charge in [-0.2, -0.15) is 5.10 Å². The quantitative estimate of drug-likeness (QED) is 0.234. The predicted molar refractivity (Wildman–Crippen MR) is 121 cm³/mol. The van der Waals surface area contributed by atoms with E-state index in [1.165, 1.54) is 55.0 Å². The number of thiophene rings is 1. The number of nitro benzene ring substituents is 2. The lowest BCUT2D eigenvalue weighted by molar-refractivity contribution is -0.385. The lowest BCUT2D eigenvalue weighted by Gasteiger charge is -2.05. The zero-order valence-electron chi connectivity index (χ0n) is 16.9. The van der Waals surface area contributed by atoms with Gasteiger partial charge in [0.2, 0.25) is 0 Å². The number of methoxy groups -OCH3 is 1. The number of ether oxygens (including phenoxy) is 1. The topological polar surface area (TPSA) is 150 Å². The molecule has 11 nitrogen and oxygen atoms in total. The number of hydrogen-bond donors (Lipinski definition) is 1. The molecule has 0 spiro atoms. The van der Waals surface area contributed by atoms with Crippen LogP contribution in [0.25, 0.3) is 21.4 Å². The Morgan fingerprint density at radius 3 is 2.52 bits per heavy atom. The smallest absolute Gasteiger partial charge is 0.281 e. The van der Waals surface area contributed by atoms with Crippen molar-refractivity contribution in [2.24, 2.45) is 5.10 Å². The Kier molecular flexibility index (Phi) is 5.83. The van der Waals surface area contributed by atoms with Gasteiger partial charge >= 0.3 is 0 Å². The van der Waals surface area contributed by atoms with Gasteiger partial charge in [0.15, 0.2) is 0 Å². The van der Waals surface area contributed by atoms with Crippen LogP contribution in [0, 0.1) is 20.2 Å². The summed E-state index contributed by atoms with van der Waals surface area (Å²) >= 11 is 1.18. The number of amides is 1. The number of hydrazone groups is 1. The van der Waals surface area contributed by atoms with E-state index in [4.69, 9.17) is 9.15 Å². The Labute approximate surface area is 189 Å². The third-order valence-corrected chi connectivity index (χ3v) is 5.69. The van der Waals surface area contributed by atoms with E-state index in [0.29, 0.717) is 33.1 Å². The number of carbonyl (C=O) groups excluding carboxylic acids is 1. The summed E-state index contributed by atoms with van der Waals surface area (Å²) in [6.07, 6.45) is 1.28. The summed E-state index contributed by atoms with van der Waals surface area (Å²) in [5.74, 6) is 0.541. The third kappa shape index (κ3) is 4.55. The maximum absolute atomic E-state index is 12.4. The minimum atomic E-state index is -0.518. The van der Waals surface area contributed by atoms with Crippen LogP contribution in [0.2, 0.25) is 0 Å². The first-order valence-electron chi connectivity index (χ1n) is 9.30. The van der Waals surface area contributed by atoms with Gasteiger partial charge in [0.1, 0.15) is 17.3 Å². The number of rotatable bonds is 7. The molecule has 12 heteroatoms. The van der Waals surface area contributed by atoms with Crippen molar-refractivity contribution >= 4 is 44.9 Å². The fourth-order valence-corrected chi connectivity index (χ4v) is 3.97. The summed E-state index contributed by atoms with van der Waals surface area (Å²) in [4.78, 5) is 33.7. The van der Waals surface area contributed by atoms with Gasteiger partial charge in [0.25, 0.3) is 17.3 Å². The molecule has 33 heavy (non-hydrogen) atoms. The normalized spacial score (nSPS) is 11.1. The average molecular weight is 466 g/mol. The molecule has 2 aromatic carbocycles. The van der Waals surface area contributed by atoms with Gasteiger partial charge in [-0.3, -0.25) is 25.0 Å². The zero-order valence-corrected chi connectivity index (χ0v) is 17.7. The van der Waals surface area contributed by atoms with E-state index in [1.54, 1.807) is 24.3 Å². The summed E-state index contributed by atoms with van der Waals surface area (Å²) in [5, 5.41) is 26.4. The summed E-state index contributed by atoms with van der Waals surface area (Å²) < 4.78 is 11.6. The van der Waals surface area contributed by atoms with Crippen LogP contribution in [0.1, 0.15) is 15.4 Å². The highest BCUT2D eigenvalue weighted by molar-refractivity contribution is 7.20. The van der Waals surface area contributed by atoms with E-state index in [-0.39, 0.29) is 11.4 Å². The summed E-state index contributed by atoms with van der Waals surface area (Å²) in [5.41, 5.74) is 2.60. The molecule has 1 N–H and O–H groups in total. The van der Waals surface area contributed by atoms with Gasteiger partial charge in [-0.1, -0.05) is 0 Å². The minimum absolute atomic E-state index is 0.0562. The molecule has 2 heterocycles. The van der Waals surface area contributed by atoms with E-state index in [9.17, 15) is 25.0 Å². The maximum atomic E-state index is 12.4. The highest BCUT2D eigenvalue weighted by atomic mass is 32.1. The Hall–Kier alpha value is -4.58. The van der Waals surface area contributed by atoms with Crippen molar-refractivity contribution in [3.05, 3.63) is 85.5 Å². The number of non-ortho nitro benzene ring substituents is 2. The van der Waals surface area contributed by atoms with Crippen molar-refractivity contribution < 1.29 is 23.8 Å². The highest BCUT2D eigenvalue weighted by Crippen LogP contribution is 2.34. The minimum Gasteiger partial charge on any atom is -0.496 e. The zero-order chi connectivity index (χ0) is 23.5. The van der Waals surface area contributed by atoms with Crippen LogP contribution in [0.3, 0.4) is 0 Å². The second-order valence-corrected chi connectivity index (χ2v) is 7.72. The Morgan fingerprint density at radius 2 is 1.79 bits per heavy atom. The molecule has 0 atom stereocenters. The molecule has 0 bridgehead atoms. The Bertz CT molecular complexity index is 1420. The number of furan rings is 1. The molecule has 0 radical (unpaired) electrons. The molecular formula is C21H14N4O7S. The summed E-state index contributed by atoms with van der Waals surface area (Å²) in [6.45, 7) is 0. The highest BCUT2D eigenvalue weighted by Gasteiger charge is 2.16. The maximum Gasteiger partial charge on any atom is 0.281 e. The van der Waals surface area contributed by atoms with Crippen LogP contribution in [0.5, 0.6) is 5.75 Å². The Balaban J connectivity index is 1.48.